The Hall–Kier alpha value is -1.69. The summed E-state index contributed by atoms with van der Waals surface area (Å²) in [4.78, 5) is 10.1. The Bertz CT molecular complexity index is 310. The molecule has 0 heterocycles. The molecular formula is C8H4FNO. The van der Waals surface area contributed by atoms with Crippen molar-refractivity contribution in [3.63, 3.8) is 0 Å². The van der Waals surface area contributed by atoms with Gasteiger partial charge in [-0.05, 0) is 24.3 Å². The number of halogens is 1. The maximum atomic E-state index is 11.9. The van der Waals surface area contributed by atoms with E-state index in [0.717, 1.165) is 0 Å². The summed E-state index contributed by atoms with van der Waals surface area (Å²) >= 11 is 0. The standard InChI is InChI=1S/C8H4FNO/c9-8(11)7-3-1-6(5-10)2-4-7/h1-4H. The van der Waals surface area contributed by atoms with Crippen molar-refractivity contribution in [2.75, 3.05) is 0 Å². The van der Waals surface area contributed by atoms with E-state index in [2.05, 4.69) is 0 Å². The molecule has 0 aliphatic rings. The minimum absolute atomic E-state index is 0.0241. The van der Waals surface area contributed by atoms with Crippen LogP contribution >= 0.6 is 0 Å². The lowest BCUT2D eigenvalue weighted by atomic mass is 10.2. The predicted molar refractivity (Wildman–Crippen MR) is 36.6 cm³/mol. The third kappa shape index (κ3) is 1.62. The summed E-state index contributed by atoms with van der Waals surface area (Å²) in [6.07, 6.45) is 0. The van der Waals surface area contributed by atoms with Crippen molar-refractivity contribution in [3.05, 3.63) is 35.4 Å². The topological polar surface area (TPSA) is 40.9 Å². The van der Waals surface area contributed by atoms with Crippen LogP contribution in [0.5, 0.6) is 0 Å². The van der Waals surface area contributed by atoms with Crippen molar-refractivity contribution in [2.24, 2.45) is 0 Å². The average Bonchev–Trinajstić information content (AvgIpc) is 2.05. The van der Waals surface area contributed by atoms with Gasteiger partial charge in [-0.15, -0.1) is 0 Å². The van der Waals surface area contributed by atoms with Crippen molar-refractivity contribution >= 4 is 6.04 Å². The van der Waals surface area contributed by atoms with Crippen LogP contribution in [0.1, 0.15) is 15.9 Å². The summed E-state index contributed by atoms with van der Waals surface area (Å²) in [6, 6.07) is 5.73. The molecule has 54 valence electrons. The monoisotopic (exact) mass is 149 g/mol. The minimum Gasteiger partial charge on any atom is -0.255 e. The van der Waals surface area contributed by atoms with Crippen molar-refractivity contribution in [2.45, 2.75) is 0 Å². The molecule has 0 spiro atoms. The largest absolute Gasteiger partial charge is 0.332 e. The van der Waals surface area contributed by atoms with Gasteiger partial charge in [0, 0.05) is 0 Å². The third-order valence-corrected chi connectivity index (χ3v) is 1.24. The number of carbonyl (C=O) groups excluding carboxylic acids is 1. The molecule has 0 amide bonds. The molecule has 11 heavy (non-hydrogen) atoms. The second-order valence-electron chi connectivity index (χ2n) is 1.96. The van der Waals surface area contributed by atoms with Gasteiger partial charge in [0.25, 0.3) is 0 Å². The van der Waals surface area contributed by atoms with E-state index >= 15 is 0 Å². The number of hydrogen-bond donors (Lipinski definition) is 0. The molecule has 2 nitrogen and oxygen atoms in total. The molecule has 0 bridgehead atoms. The Kier molecular flexibility index (Phi) is 1.98. The first-order valence-corrected chi connectivity index (χ1v) is 2.94. The molecule has 1 rings (SSSR count). The molecule has 0 saturated heterocycles. The predicted octanol–water partition coefficient (Wildman–Crippen LogP) is 1.67. The first kappa shape index (κ1) is 7.42. The summed E-state index contributed by atoms with van der Waals surface area (Å²) in [5, 5.41) is 8.34. The zero-order chi connectivity index (χ0) is 8.27. The van der Waals surface area contributed by atoms with Gasteiger partial charge in [-0.1, -0.05) is 0 Å². The van der Waals surface area contributed by atoms with Crippen LogP contribution in [0.4, 0.5) is 4.39 Å². The average molecular weight is 149 g/mol. The maximum absolute atomic E-state index is 11.9. The van der Waals surface area contributed by atoms with Crippen LogP contribution < -0.4 is 0 Å². The number of nitriles is 1. The smallest absolute Gasteiger partial charge is 0.255 e. The van der Waals surface area contributed by atoms with E-state index in [1.54, 1.807) is 0 Å². The fourth-order valence-corrected chi connectivity index (χ4v) is 0.676. The van der Waals surface area contributed by atoms with E-state index in [1.165, 1.54) is 24.3 Å². The van der Waals surface area contributed by atoms with Gasteiger partial charge in [-0.25, -0.2) is 0 Å². The van der Waals surface area contributed by atoms with Gasteiger partial charge in [0.2, 0.25) is 0 Å². The summed E-state index contributed by atoms with van der Waals surface area (Å²) in [6.45, 7) is 0. The molecule has 0 aromatic heterocycles. The molecule has 0 N–H and O–H groups in total. The van der Waals surface area contributed by atoms with Crippen LogP contribution in [0.2, 0.25) is 0 Å². The summed E-state index contributed by atoms with van der Waals surface area (Å²) in [7, 11) is 0. The summed E-state index contributed by atoms with van der Waals surface area (Å²) in [5.74, 6) is 0. The zero-order valence-corrected chi connectivity index (χ0v) is 5.54. The van der Waals surface area contributed by atoms with E-state index < -0.39 is 6.04 Å². The van der Waals surface area contributed by atoms with E-state index in [0.29, 0.717) is 5.56 Å². The number of nitrogens with zero attached hydrogens (tertiary/aromatic N) is 1. The number of hydrogen-bond acceptors (Lipinski definition) is 2. The first-order chi connectivity index (χ1) is 5.24. The Balaban J connectivity index is 3.03. The molecule has 0 radical (unpaired) electrons. The summed E-state index contributed by atoms with van der Waals surface area (Å²) < 4.78 is 11.9. The third-order valence-electron chi connectivity index (χ3n) is 1.24. The SMILES string of the molecule is N#Cc1ccc(C(=O)F)cc1. The Morgan fingerprint density at radius 2 is 1.91 bits per heavy atom. The van der Waals surface area contributed by atoms with E-state index in [1.807, 2.05) is 6.07 Å². The van der Waals surface area contributed by atoms with E-state index in [9.17, 15) is 9.18 Å². The fraction of sp³-hybridized carbons (Fsp3) is 0. The van der Waals surface area contributed by atoms with Gasteiger partial charge in [-0.3, -0.25) is 4.79 Å². The normalized spacial score (nSPS) is 8.73. The van der Waals surface area contributed by atoms with Crippen molar-refractivity contribution < 1.29 is 9.18 Å². The van der Waals surface area contributed by atoms with E-state index in [-0.39, 0.29) is 5.56 Å². The van der Waals surface area contributed by atoms with Crippen LogP contribution in [0.25, 0.3) is 0 Å². The Morgan fingerprint density at radius 3 is 2.27 bits per heavy atom. The molecule has 0 unspecified atom stereocenters. The van der Waals surface area contributed by atoms with Crippen molar-refractivity contribution in [1.82, 2.24) is 0 Å². The van der Waals surface area contributed by atoms with Gasteiger partial charge in [0.1, 0.15) is 0 Å². The van der Waals surface area contributed by atoms with Crippen LogP contribution in [-0.2, 0) is 0 Å². The second-order valence-corrected chi connectivity index (χ2v) is 1.96. The first-order valence-electron chi connectivity index (χ1n) is 2.94. The zero-order valence-electron chi connectivity index (χ0n) is 5.54. The second kappa shape index (κ2) is 2.93. The van der Waals surface area contributed by atoms with Gasteiger partial charge < -0.3 is 0 Å². The van der Waals surface area contributed by atoms with Gasteiger partial charge in [-0.2, -0.15) is 9.65 Å². The van der Waals surface area contributed by atoms with Crippen LogP contribution in [0.15, 0.2) is 24.3 Å². The molecule has 0 saturated carbocycles. The van der Waals surface area contributed by atoms with Crippen molar-refractivity contribution in [1.29, 1.82) is 5.26 Å². The van der Waals surface area contributed by atoms with Gasteiger partial charge in [0.05, 0.1) is 17.2 Å². The summed E-state index contributed by atoms with van der Waals surface area (Å²) in [5.41, 5.74) is 0.388. The van der Waals surface area contributed by atoms with E-state index in [4.69, 9.17) is 5.26 Å². The highest BCUT2D eigenvalue weighted by Crippen LogP contribution is 2.04. The Morgan fingerprint density at radius 1 is 1.36 bits per heavy atom. The molecule has 0 aliphatic heterocycles. The lowest BCUT2D eigenvalue weighted by molar-refractivity contribution is 0.0836. The van der Waals surface area contributed by atoms with Gasteiger partial charge in [0.15, 0.2) is 0 Å². The Labute approximate surface area is 62.9 Å². The van der Waals surface area contributed by atoms with Crippen LogP contribution in [-0.4, -0.2) is 6.04 Å². The van der Waals surface area contributed by atoms with Gasteiger partial charge >= 0.3 is 6.04 Å². The number of benzene rings is 1. The molecule has 3 heteroatoms. The van der Waals surface area contributed by atoms with Crippen LogP contribution in [0.3, 0.4) is 0 Å². The molecule has 1 aromatic carbocycles. The molecule has 0 fully saturated rings. The quantitative estimate of drug-likeness (QED) is 0.570. The highest BCUT2D eigenvalue weighted by Gasteiger charge is 2.01. The molecule has 0 atom stereocenters. The lowest BCUT2D eigenvalue weighted by Crippen LogP contribution is -1.88. The number of rotatable bonds is 1. The fourth-order valence-electron chi connectivity index (χ4n) is 0.676. The minimum atomic E-state index is -1.48. The van der Waals surface area contributed by atoms with Crippen LogP contribution in [0, 0.1) is 11.3 Å². The number of carbonyl (C=O) groups is 1. The van der Waals surface area contributed by atoms with Crippen molar-refractivity contribution in [3.8, 4) is 6.07 Å². The highest BCUT2D eigenvalue weighted by molar-refractivity contribution is 5.88. The molecule has 1 aromatic rings. The molecular weight excluding hydrogens is 145 g/mol. The molecule has 0 aliphatic carbocycles. The lowest BCUT2D eigenvalue weighted by Gasteiger charge is -1.90. The maximum Gasteiger partial charge on any atom is 0.332 e. The highest BCUT2D eigenvalue weighted by atomic mass is 19.1.